The van der Waals surface area contributed by atoms with Crippen molar-refractivity contribution in [1.82, 2.24) is 14.5 Å². The Morgan fingerprint density at radius 3 is 2.16 bits per heavy atom. The number of carbonyl (C=O) groups is 2. The third-order valence-electron chi connectivity index (χ3n) is 4.68. The highest BCUT2D eigenvalue weighted by Gasteiger charge is 2.30. The summed E-state index contributed by atoms with van der Waals surface area (Å²) in [6.45, 7) is 4.84. The molecule has 0 saturated heterocycles. The first-order valence-electron chi connectivity index (χ1n) is 10.6. The minimum absolute atomic E-state index is 0.0164. The standard InChI is InChI=1S/C23H23F3N4O6S/c1-22(2,3)29-37(34,35)18-11-15(27-20(31)13-5-7-14(8-6-13)23(24,25)26)9-10-17(18)36-19-12-16(21(32)33)28-30(19)4/h5-12,29H,1-4H3,(H,27,31)(H,32,33). The first-order valence-corrected chi connectivity index (χ1v) is 12.1. The van der Waals surface area contributed by atoms with Gasteiger partial charge < -0.3 is 15.2 Å². The monoisotopic (exact) mass is 540 g/mol. The largest absolute Gasteiger partial charge is 0.476 e. The van der Waals surface area contributed by atoms with Gasteiger partial charge in [-0.1, -0.05) is 0 Å². The number of sulfonamides is 1. The van der Waals surface area contributed by atoms with Crippen LogP contribution < -0.4 is 14.8 Å². The molecule has 0 fully saturated rings. The van der Waals surface area contributed by atoms with Gasteiger partial charge in [0.2, 0.25) is 15.9 Å². The molecule has 1 heterocycles. The van der Waals surface area contributed by atoms with Crippen molar-refractivity contribution in [2.75, 3.05) is 5.32 Å². The lowest BCUT2D eigenvalue weighted by Gasteiger charge is -2.22. The lowest BCUT2D eigenvalue weighted by atomic mass is 10.1. The fourth-order valence-electron chi connectivity index (χ4n) is 3.11. The van der Waals surface area contributed by atoms with Crippen LogP contribution in [0.4, 0.5) is 18.9 Å². The van der Waals surface area contributed by atoms with Crippen molar-refractivity contribution >= 4 is 27.6 Å². The van der Waals surface area contributed by atoms with Gasteiger partial charge in [-0.15, -0.1) is 0 Å². The van der Waals surface area contributed by atoms with Crippen molar-refractivity contribution in [3.8, 4) is 11.6 Å². The molecule has 1 aromatic heterocycles. The van der Waals surface area contributed by atoms with Crippen molar-refractivity contribution in [3.63, 3.8) is 0 Å². The van der Waals surface area contributed by atoms with Crippen molar-refractivity contribution in [2.45, 2.75) is 37.4 Å². The van der Waals surface area contributed by atoms with E-state index in [4.69, 9.17) is 9.84 Å². The van der Waals surface area contributed by atoms with Gasteiger partial charge in [0.1, 0.15) is 10.6 Å². The van der Waals surface area contributed by atoms with Crippen molar-refractivity contribution in [3.05, 3.63) is 65.4 Å². The molecule has 0 unspecified atom stereocenters. The molecule has 3 N–H and O–H groups in total. The third kappa shape index (κ3) is 6.86. The highest BCUT2D eigenvalue weighted by Crippen LogP contribution is 2.33. The number of carboxylic acid groups (broad SMARTS) is 1. The zero-order chi connectivity index (χ0) is 27.8. The molecular formula is C23H23F3N4O6S. The molecule has 3 rings (SSSR count). The Bertz CT molecular complexity index is 1440. The zero-order valence-electron chi connectivity index (χ0n) is 20.0. The molecule has 14 heteroatoms. The van der Waals surface area contributed by atoms with Gasteiger partial charge in [-0.05, 0) is 63.2 Å². The van der Waals surface area contributed by atoms with Crippen LogP contribution in [0.3, 0.4) is 0 Å². The minimum atomic E-state index is -4.56. The number of rotatable bonds is 7. The van der Waals surface area contributed by atoms with E-state index in [0.29, 0.717) is 0 Å². The number of carboxylic acids is 1. The van der Waals surface area contributed by atoms with Gasteiger partial charge in [-0.2, -0.15) is 18.3 Å². The highest BCUT2D eigenvalue weighted by atomic mass is 32.2. The normalized spacial score (nSPS) is 12.3. The fourth-order valence-corrected chi connectivity index (χ4v) is 4.69. The predicted molar refractivity (Wildman–Crippen MR) is 126 cm³/mol. The van der Waals surface area contributed by atoms with E-state index in [1.54, 1.807) is 20.8 Å². The molecule has 37 heavy (non-hydrogen) atoms. The molecule has 10 nitrogen and oxygen atoms in total. The molecule has 0 saturated carbocycles. The summed E-state index contributed by atoms with van der Waals surface area (Å²) in [6, 6.07) is 8.29. The molecule has 3 aromatic rings. The Morgan fingerprint density at radius 1 is 1.03 bits per heavy atom. The van der Waals surface area contributed by atoms with Crippen LogP contribution in [-0.4, -0.2) is 40.7 Å². The van der Waals surface area contributed by atoms with Gasteiger partial charge in [0.25, 0.3) is 5.91 Å². The van der Waals surface area contributed by atoms with Gasteiger partial charge in [-0.3, -0.25) is 4.79 Å². The molecular weight excluding hydrogens is 517 g/mol. The van der Waals surface area contributed by atoms with E-state index in [-0.39, 0.29) is 33.5 Å². The van der Waals surface area contributed by atoms with Crippen LogP contribution in [0, 0.1) is 0 Å². The number of amides is 1. The summed E-state index contributed by atoms with van der Waals surface area (Å²) < 4.78 is 73.9. The number of nitrogens with zero attached hydrogens (tertiary/aromatic N) is 2. The second-order valence-electron chi connectivity index (χ2n) is 8.94. The molecule has 1 amide bonds. The highest BCUT2D eigenvalue weighted by molar-refractivity contribution is 7.89. The molecule has 0 atom stereocenters. The Hall–Kier alpha value is -3.91. The van der Waals surface area contributed by atoms with Crippen molar-refractivity contribution in [2.24, 2.45) is 7.05 Å². The number of benzene rings is 2. The Morgan fingerprint density at radius 2 is 1.65 bits per heavy atom. The maximum Gasteiger partial charge on any atom is 0.416 e. The number of aryl methyl sites for hydroxylation is 1. The van der Waals surface area contributed by atoms with Crippen molar-refractivity contribution in [1.29, 1.82) is 0 Å². The summed E-state index contributed by atoms with van der Waals surface area (Å²) in [6.07, 6.45) is -4.56. The second kappa shape index (κ2) is 9.86. The molecule has 198 valence electrons. The third-order valence-corrected chi connectivity index (χ3v) is 6.46. The Balaban J connectivity index is 1.98. The molecule has 0 aliphatic heterocycles. The second-order valence-corrected chi connectivity index (χ2v) is 10.6. The fraction of sp³-hybridized carbons (Fsp3) is 0.261. The van der Waals surface area contributed by atoms with E-state index in [2.05, 4.69) is 15.1 Å². The Labute approximate surface area is 210 Å². The van der Waals surface area contributed by atoms with Crippen LogP contribution in [0.5, 0.6) is 11.6 Å². The van der Waals surface area contributed by atoms with Gasteiger partial charge in [-0.25, -0.2) is 22.6 Å². The van der Waals surface area contributed by atoms with Gasteiger partial charge in [0.15, 0.2) is 5.69 Å². The summed E-state index contributed by atoms with van der Waals surface area (Å²) in [5, 5.41) is 15.4. The van der Waals surface area contributed by atoms with Gasteiger partial charge in [0, 0.05) is 29.9 Å². The number of carbonyl (C=O) groups excluding carboxylic acids is 1. The van der Waals surface area contributed by atoms with Gasteiger partial charge >= 0.3 is 12.1 Å². The first-order chi connectivity index (χ1) is 17.0. The number of aromatic nitrogens is 2. The molecule has 2 aromatic carbocycles. The van der Waals surface area contributed by atoms with E-state index in [1.807, 2.05) is 0 Å². The number of hydrogen-bond donors (Lipinski definition) is 3. The van der Waals surface area contributed by atoms with Crippen LogP contribution in [-0.2, 0) is 23.2 Å². The summed E-state index contributed by atoms with van der Waals surface area (Å²) in [5.41, 5.74) is -2.20. The maximum absolute atomic E-state index is 13.2. The summed E-state index contributed by atoms with van der Waals surface area (Å²) in [4.78, 5) is 23.4. The van der Waals surface area contributed by atoms with E-state index >= 15 is 0 Å². The average molecular weight is 541 g/mol. The average Bonchev–Trinajstić information content (AvgIpc) is 3.13. The van der Waals surface area contributed by atoms with Crippen LogP contribution >= 0.6 is 0 Å². The molecule has 0 aliphatic carbocycles. The van der Waals surface area contributed by atoms with E-state index in [9.17, 15) is 31.2 Å². The van der Waals surface area contributed by atoms with Crippen LogP contribution in [0.15, 0.2) is 53.4 Å². The topological polar surface area (TPSA) is 140 Å². The number of anilines is 1. The SMILES string of the molecule is Cn1nc(C(=O)O)cc1Oc1ccc(NC(=O)c2ccc(C(F)(F)F)cc2)cc1S(=O)(=O)NC(C)(C)C. The first kappa shape index (κ1) is 27.7. The van der Waals surface area contributed by atoms with Gasteiger partial charge in [0.05, 0.1) is 5.56 Å². The molecule has 0 spiro atoms. The number of alkyl halides is 3. The number of ether oxygens (including phenoxy) is 1. The Kier molecular flexibility index (Phi) is 7.37. The number of halogens is 3. The summed E-state index contributed by atoms with van der Waals surface area (Å²) in [7, 11) is -2.83. The lowest BCUT2D eigenvalue weighted by Crippen LogP contribution is -2.40. The van der Waals surface area contributed by atoms with Crippen LogP contribution in [0.1, 0.15) is 47.2 Å². The quantitative estimate of drug-likeness (QED) is 0.407. The van der Waals surface area contributed by atoms with E-state index < -0.39 is 39.2 Å². The minimum Gasteiger partial charge on any atom is -0.476 e. The number of hydrogen-bond acceptors (Lipinski definition) is 6. The zero-order valence-corrected chi connectivity index (χ0v) is 20.9. The van der Waals surface area contributed by atoms with Crippen LogP contribution in [0.2, 0.25) is 0 Å². The number of nitrogens with one attached hydrogen (secondary N) is 2. The predicted octanol–water partition coefficient (Wildman–Crippen LogP) is 4.26. The lowest BCUT2D eigenvalue weighted by molar-refractivity contribution is -0.137. The van der Waals surface area contributed by atoms with E-state index in [0.717, 1.165) is 41.1 Å². The van der Waals surface area contributed by atoms with Crippen molar-refractivity contribution < 1.29 is 41.0 Å². The smallest absolute Gasteiger partial charge is 0.416 e. The molecule has 0 aliphatic rings. The maximum atomic E-state index is 13.2. The van der Waals surface area contributed by atoms with E-state index in [1.165, 1.54) is 19.2 Å². The molecule has 0 bridgehead atoms. The summed E-state index contributed by atoms with van der Waals surface area (Å²) >= 11 is 0. The van der Waals surface area contributed by atoms with Crippen LogP contribution in [0.25, 0.3) is 0 Å². The number of aromatic carboxylic acids is 1. The summed E-state index contributed by atoms with van der Waals surface area (Å²) in [5.74, 6) is -2.34. The molecule has 0 radical (unpaired) electrons.